The van der Waals surface area contributed by atoms with Gasteiger partial charge in [0.2, 0.25) is 5.91 Å². The minimum absolute atomic E-state index is 0.119. The number of benzene rings is 1. The minimum Gasteiger partial charge on any atom is -0.352 e. The van der Waals surface area contributed by atoms with Crippen LogP contribution in [0.3, 0.4) is 0 Å². The lowest BCUT2D eigenvalue weighted by molar-refractivity contribution is -0.122. The van der Waals surface area contributed by atoms with Crippen LogP contribution in [0.1, 0.15) is 47.4 Å². The third kappa shape index (κ3) is 4.68. The summed E-state index contributed by atoms with van der Waals surface area (Å²) in [5, 5.41) is 10.2. The molecule has 2 N–H and O–H groups in total. The van der Waals surface area contributed by atoms with Gasteiger partial charge in [0.05, 0.1) is 23.6 Å². The Kier molecular flexibility index (Phi) is 5.37. The van der Waals surface area contributed by atoms with Gasteiger partial charge in [0.1, 0.15) is 0 Å². The van der Waals surface area contributed by atoms with Gasteiger partial charge in [0, 0.05) is 36.0 Å². The Morgan fingerprint density at radius 3 is 2.66 bits per heavy atom. The van der Waals surface area contributed by atoms with E-state index in [9.17, 15) is 9.59 Å². The Morgan fingerprint density at radius 1 is 1.17 bits per heavy atom. The molecule has 0 radical (unpaired) electrons. The number of carbonyl (C=O) groups is 2. The Bertz CT molecular complexity index is 994. The molecule has 2 aromatic heterocycles. The number of hydrogen-bond acceptors (Lipinski definition) is 4. The highest BCUT2D eigenvalue weighted by Crippen LogP contribution is 2.28. The summed E-state index contributed by atoms with van der Waals surface area (Å²) in [7, 11) is 0. The zero-order chi connectivity index (χ0) is 20.2. The van der Waals surface area contributed by atoms with Crippen molar-refractivity contribution >= 4 is 11.8 Å². The average molecular weight is 389 g/mol. The highest BCUT2D eigenvalue weighted by Gasteiger charge is 2.29. The second-order valence-electron chi connectivity index (χ2n) is 7.28. The van der Waals surface area contributed by atoms with Crippen molar-refractivity contribution < 1.29 is 9.59 Å². The maximum atomic E-state index is 12.5. The van der Waals surface area contributed by atoms with E-state index in [0.717, 1.165) is 29.8 Å². The molecule has 0 bridgehead atoms. The van der Waals surface area contributed by atoms with Gasteiger partial charge in [-0.15, -0.1) is 0 Å². The van der Waals surface area contributed by atoms with E-state index < -0.39 is 0 Å². The first-order valence-electron chi connectivity index (χ1n) is 9.73. The average Bonchev–Trinajstić information content (AvgIpc) is 3.50. The Hall–Kier alpha value is -3.48. The lowest BCUT2D eigenvalue weighted by atomic mass is 10.1. The number of amides is 2. The van der Waals surface area contributed by atoms with Gasteiger partial charge < -0.3 is 10.6 Å². The summed E-state index contributed by atoms with van der Waals surface area (Å²) >= 11 is 0. The molecule has 1 unspecified atom stereocenters. The molecule has 1 atom stereocenters. The van der Waals surface area contributed by atoms with Crippen molar-refractivity contribution in [3.63, 3.8) is 0 Å². The lowest BCUT2D eigenvalue weighted by Gasteiger charge is -2.13. The summed E-state index contributed by atoms with van der Waals surface area (Å²) in [5.74, 6) is 0.163. The van der Waals surface area contributed by atoms with Crippen LogP contribution in [0.5, 0.6) is 0 Å². The molecule has 1 aromatic carbocycles. The van der Waals surface area contributed by atoms with Gasteiger partial charge in [-0.3, -0.25) is 14.6 Å². The van der Waals surface area contributed by atoms with Gasteiger partial charge in [-0.25, -0.2) is 4.68 Å². The van der Waals surface area contributed by atoms with Crippen LogP contribution < -0.4 is 10.6 Å². The van der Waals surface area contributed by atoms with E-state index in [1.165, 1.54) is 0 Å². The Morgan fingerprint density at radius 2 is 1.97 bits per heavy atom. The largest absolute Gasteiger partial charge is 0.352 e. The molecule has 3 aromatic rings. The number of rotatable bonds is 7. The van der Waals surface area contributed by atoms with E-state index in [1.807, 2.05) is 43.5 Å². The van der Waals surface area contributed by atoms with Crippen LogP contribution in [-0.4, -0.2) is 26.6 Å². The van der Waals surface area contributed by atoms with Gasteiger partial charge >= 0.3 is 0 Å². The number of carbonyl (C=O) groups excluding carboxylic acids is 2. The summed E-state index contributed by atoms with van der Waals surface area (Å²) in [6.45, 7) is 2.38. The summed E-state index contributed by atoms with van der Waals surface area (Å²) < 4.78 is 1.73. The monoisotopic (exact) mass is 389 g/mol. The van der Waals surface area contributed by atoms with Crippen molar-refractivity contribution in [1.29, 1.82) is 0 Å². The third-order valence-electron chi connectivity index (χ3n) is 4.92. The molecule has 1 aliphatic rings. The predicted molar refractivity (Wildman–Crippen MR) is 108 cm³/mol. The standard InChI is InChI=1S/C22H23N5O2/c1-15(20-4-2-3-11-23-20)26-22(29)18-7-9-19(10-8-18)27-14-16(13-25-27)12-24-21(28)17-5-6-17/h2-4,7-11,13-15,17H,5-6,12H2,1H3,(H,24,28)(H,26,29). The lowest BCUT2D eigenvalue weighted by Crippen LogP contribution is -2.27. The van der Waals surface area contributed by atoms with Crippen molar-refractivity contribution in [1.82, 2.24) is 25.4 Å². The molecular formula is C22H23N5O2. The van der Waals surface area contributed by atoms with Crippen molar-refractivity contribution in [2.24, 2.45) is 5.92 Å². The fourth-order valence-corrected chi connectivity index (χ4v) is 3.02. The quantitative estimate of drug-likeness (QED) is 0.650. The van der Waals surface area contributed by atoms with Crippen molar-refractivity contribution in [2.45, 2.75) is 32.4 Å². The van der Waals surface area contributed by atoms with E-state index >= 15 is 0 Å². The second-order valence-corrected chi connectivity index (χ2v) is 7.28. The third-order valence-corrected chi connectivity index (χ3v) is 4.92. The number of nitrogens with one attached hydrogen (secondary N) is 2. The maximum Gasteiger partial charge on any atom is 0.251 e. The van der Waals surface area contributed by atoms with Gasteiger partial charge in [0.15, 0.2) is 0 Å². The van der Waals surface area contributed by atoms with Crippen LogP contribution in [0, 0.1) is 5.92 Å². The number of pyridine rings is 1. The topological polar surface area (TPSA) is 88.9 Å². The van der Waals surface area contributed by atoms with E-state index in [1.54, 1.807) is 29.2 Å². The molecule has 1 saturated carbocycles. The van der Waals surface area contributed by atoms with Gasteiger partial charge in [-0.2, -0.15) is 5.10 Å². The highest BCUT2D eigenvalue weighted by atomic mass is 16.2. The molecule has 1 aliphatic carbocycles. The molecule has 1 fully saturated rings. The predicted octanol–water partition coefficient (Wildman–Crippen LogP) is 2.78. The SMILES string of the molecule is CC(NC(=O)c1ccc(-n2cc(CNC(=O)C3CC3)cn2)cc1)c1ccccn1. The molecule has 29 heavy (non-hydrogen) atoms. The highest BCUT2D eigenvalue weighted by molar-refractivity contribution is 5.94. The molecule has 0 spiro atoms. The van der Waals surface area contributed by atoms with Gasteiger partial charge in [-0.05, 0) is 56.2 Å². The smallest absolute Gasteiger partial charge is 0.251 e. The van der Waals surface area contributed by atoms with Crippen LogP contribution in [0.4, 0.5) is 0 Å². The zero-order valence-electron chi connectivity index (χ0n) is 16.2. The van der Waals surface area contributed by atoms with Crippen LogP contribution in [0.2, 0.25) is 0 Å². The van der Waals surface area contributed by atoms with E-state index in [0.29, 0.717) is 12.1 Å². The van der Waals surface area contributed by atoms with Gasteiger partial charge in [-0.1, -0.05) is 6.07 Å². The van der Waals surface area contributed by atoms with Crippen LogP contribution in [0.15, 0.2) is 61.1 Å². The number of aromatic nitrogens is 3. The summed E-state index contributed by atoms with van der Waals surface area (Å²) in [6.07, 6.45) is 7.31. The Labute approximate surface area is 169 Å². The van der Waals surface area contributed by atoms with Crippen LogP contribution in [0.25, 0.3) is 5.69 Å². The number of hydrogen-bond donors (Lipinski definition) is 2. The molecule has 4 rings (SSSR count). The molecule has 2 amide bonds. The van der Waals surface area contributed by atoms with Gasteiger partial charge in [0.25, 0.3) is 5.91 Å². The number of nitrogens with zero attached hydrogens (tertiary/aromatic N) is 3. The first-order chi connectivity index (χ1) is 14.1. The summed E-state index contributed by atoms with van der Waals surface area (Å²) in [5.41, 5.74) is 3.17. The fraction of sp³-hybridized carbons (Fsp3) is 0.273. The molecule has 2 heterocycles. The molecule has 0 saturated heterocycles. The summed E-state index contributed by atoms with van der Waals surface area (Å²) in [6, 6.07) is 12.7. The van der Waals surface area contributed by atoms with Crippen LogP contribution >= 0.6 is 0 Å². The minimum atomic E-state index is -0.178. The van der Waals surface area contributed by atoms with Crippen molar-refractivity contribution in [3.8, 4) is 5.69 Å². The molecule has 7 heteroatoms. The molecule has 148 valence electrons. The normalized spacial score (nSPS) is 14.2. The van der Waals surface area contributed by atoms with E-state index in [4.69, 9.17) is 0 Å². The van der Waals surface area contributed by atoms with E-state index in [2.05, 4.69) is 20.7 Å². The van der Waals surface area contributed by atoms with Crippen LogP contribution in [-0.2, 0) is 11.3 Å². The summed E-state index contributed by atoms with van der Waals surface area (Å²) in [4.78, 5) is 28.5. The zero-order valence-corrected chi connectivity index (χ0v) is 16.2. The van der Waals surface area contributed by atoms with E-state index in [-0.39, 0.29) is 23.8 Å². The van der Waals surface area contributed by atoms with Crippen molar-refractivity contribution in [2.75, 3.05) is 0 Å². The second kappa shape index (κ2) is 8.26. The maximum absolute atomic E-state index is 12.5. The Balaban J connectivity index is 1.36. The first-order valence-corrected chi connectivity index (χ1v) is 9.73. The van der Waals surface area contributed by atoms with Crippen molar-refractivity contribution in [3.05, 3.63) is 77.9 Å². The molecule has 7 nitrogen and oxygen atoms in total. The molecule has 0 aliphatic heterocycles. The fourth-order valence-electron chi connectivity index (χ4n) is 3.02. The first kappa shape index (κ1) is 18.9. The molecular weight excluding hydrogens is 366 g/mol.